The molecule has 136 valence electrons. The number of para-hydroxylation sites is 3. The van der Waals surface area contributed by atoms with Crippen LogP contribution in [0.4, 0.5) is 0 Å². The summed E-state index contributed by atoms with van der Waals surface area (Å²) in [6.07, 6.45) is 2.79. The molecule has 2 heterocycles. The molecule has 0 spiro atoms. The number of nitrogens with zero attached hydrogens (tertiary/aromatic N) is 3. The Morgan fingerprint density at radius 1 is 1.11 bits per heavy atom. The van der Waals surface area contributed by atoms with Crippen molar-refractivity contribution in [3.8, 4) is 0 Å². The fourth-order valence-corrected chi connectivity index (χ4v) is 3.09. The van der Waals surface area contributed by atoms with Crippen molar-refractivity contribution < 1.29 is 4.79 Å². The minimum atomic E-state index is -0.145. The van der Waals surface area contributed by atoms with Gasteiger partial charge in [-0.15, -0.1) is 0 Å². The van der Waals surface area contributed by atoms with E-state index in [0.717, 1.165) is 29.7 Å². The molecule has 0 radical (unpaired) electrons. The molecule has 2 N–H and O–H groups in total. The minimum Gasteiger partial charge on any atom is -0.354 e. The molecule has 1 amide bonds. The monoisotopic (exact) mass is 361 g/mol. The second-order valence-corrected chi connectivity index (χ2v) is 6.34. The van der Waals surface area contributed by atoms with Crippen molar-refractivity contribution in [2.45, 2.75) is 19.4 Å². The molecule has 0 atom stereocenters. The van der Waals surface area contributed by atoms with Crippen LogP contribution in [0.1, 0.15) is 12.2 Å². The number of H-pyrrole nitrogens is 1. The van der Waals surface area contributed by atoms with Gasteiger partial charge in [-0.1, -0.05) is 24.3 Å². The maximum Gasteiger partial charge on any atom is 0.241 e. The molecule has 0 unspecified atom stereocenters. The van der Waals surface area contributed by atoms with E-state index in [1.807, 2.05) is 30.3 Å². The van der Waals surface area contributed by atoms with Crippen molar-refractivity contribution >= 4 is 27.8 Å². The predicted molar refractivity (Wildman–Crippen MR) is 103 cm³/mol. The van der Waals surface area contributed by atoms with Gasteiger partial charge in [0.25, 0.3) is 0 Å². The Morgan fingerprint density at radius 3 is 2.81 bits per heavy atom. The summed E-state index contributed by atoms with van der Waals surface area (Å²) in [5.41, 5.74) is 2.48. The number of aromatic nitrogens is 4. The van der Waals surface area contributed by atoms with Crippen LogP contribution in [0.5, 0.6) is 0 Å². The molecular formula is C20H19N5O2. The lowest BCUT2D eigenvalue weighted by molar-refractivity contribution is -0.121. The maximum absolute atomic E-state index is 12.2. The highest BCUT2D eigenvalue weighted by Gasteiger charge is 2.08. The first kappa shape index (κ1) is 17.0. The van der Waals surface area contributed by atoms with Crippen LogP contribution in [0, 0.1) is 0 Å². The van der Waals surface area contributed by atoms with Gasteiger partial charge in [0, 0.05) is 18.4 Å². The summed E-state index contributed by atoms with van der Waals surface area (Å²) in [6, 6.07) is 15.0. The number of imidazole rings is 1. The number of aryl methyl sites for hydroxylation is 1. The molecule has 4 rings (SSSR count). The van der Waals surface area contributed by atoms with Crippen molar-refractivity contribution in [3.63, 3.8) is 0 Å². The summed E-state index contributed by atoms with van der Waals surface area (Å²) < 4.78 is 1.55. The van der Waals surface area contributed by atoms with Gasteiger partial charge in [0.15, 0.2) is 0 Å². The number of hydrogen-bond acceptors (Lipinski definition) is 4. The summed E-state index contributed by atoms with van der Waals surface area (Å²) in [7, 11) is 0. The van der Waals surface area contributed by atoms with E-state index < -0.39 is 0 Å². The number of benzene rings is 2. The largest absolute Gasteiger partial charge is 0.354 e. The van der Waals surface area contributed by atoms with Gasteiger partial charge < -0.3 is 10.3 Å². The number of aromatic amines is 1. The van der Waals surface area contributed by atoms with Gasteiger partial charge in [0.05, 0.1) is 22.7 Å². The van der Waals surface area contributed by atoms with E-state index in [-0.39, 0.29) is 17.9 Å². The first-order valence-electron chi connectivity index (χ1n) is 8.86. The zero-order chi connectivity index (χ0) is 18.6. The second kappa shape index (κ2) is 7.41. The van der Waals surface area contributed by atoms with E-state index in [9.17, 15) is 9.59 Å². The fourth-order valence-electron chi connectivity index (χ4n) is 3.09. The number of fused-ring (bicyclic) bond motifs is 2. The molecule has 0 saturated heterocycles. The lowest BCUT2D eigenvalue weighted by Gasteiger charge is -2.09. The second-order valence-electron chi connectivity index (χ2n) is 6.34. The van der Waals surface area contributed by atoms with Gasteiger partial charge in [-0.25, -0.2) is 4.98 Å². The van der Waals surface area contributed by atoms with E-state index >= 15 is 0 Å². The van der Waals surface area contributed by atoms with Gasteiger partial charge in [0.2, 0.25) is 11.3 Å². The zero-order valence-corrected chi connectivity index (χ0v) is 14.7. The van der Waals surface area contributed by atoms with Gasteiger partial charge >= 0.3 is 0 Å². The average molecular weight is 361 g/mol. The highest BCUT2D eigenvalue weighted by atomic mass is 16.2. The number of carbonyl (C=O) groups is 1. The van der Waals surface area contributed by atoms with Crippen molar-refractivity contribution in [2.75, 3.05) is 6.54 Å². The van der Waals surface area contributed by atoms with Crippen molar-refractivity contribution in [1.82, 2.24) is 25.1 Å². The molecule has 7 heteroatoms. The Labute approximate surface area is 155 Å². The molecule has 27 heavy (non-hydrogen) atoms. The van der Waals surface area contributed by atoms with Crippen LogP contribution in [0.25, 0.3) is 21.9 Å². The smallest absolute Gasteiger partial charge is 0.241 e. The summed E-state index contributed by atoms with van der Waals surface area (Å²) in [4.78, 5) is 31.9. The summed E-state index contributed by atoms with van der Waals surface area (Å²) in [5.74, 6) is 0.777. The van der Waals surface area contributed by atoms with Gasteiger partial charge in [-0.2, -0.15) is 5.10 Å². The zero-order valence-electron chi connectivity index (χ0n) is 14.7. The van der Waals surface area contributed by atoms with Crippen LogP contribution in [0.2, 0.25) is 0 Å². The lowest BCUT2D eigenvalue weighted by atomic mass is 10.2. The van der Waals surface area contributed by atoms with E-state index in [0.29, 0.717) is 17.4 Å². The van der Waals surface area contributed by atoms with Crippen LogP contribution >= 0.6 is 0 Å². The highest BCUT2D eigenvalue weighted by Crippen LogP contribution is 2.11. The Balaban J connectivity index is 1.32. The number of hydrogen-bond donors (Lipinski definition) is 2. The molecule has 0 bridgehead atoms. The first-order chi connectivity index (χ1) is 13.2. The Bertz CT molecular complexity index is 1130. The van der Waals surface area contributed by atoms with Crippen LogP contribution in [0.3, 0.4) is 0 Å². The van der Waals surface area contributed by atoms with Crippen LogP contribution in [-0.2, 0) is 17.8 Å². The van der Waals surface area contributed by atoms with Gasteiger partial charge in [-0.3, -0.25) is 14.3 Å². The SMILES string of the molecule is O=C(Cn1ncc(=O)c2ccccc21)NCCCc1nc2ccccc2[nH]1. The molecule has 0 fully saturated rings. The molecule has 0 saturated carbocycles. The first-order valence-corrected chi connectivity index (χ1v) is 8.86. The van der Waals surface area contributed by atoms with Crippen molar-refractivity contribution in [3.05, 3.63) is 70.8 Å². The van der Waals surface area contributed by atoms with E-state index in [1.165, 1.54) is 6.20 Å². The number of nitrogens with one attached hydrogen (secondary N) is 2. The van der Waals surface area contributed by atoms with E-state index in [4.69, 9.17) is 0 Å². The third kappa shape index (κ3) is 3.72. The average Bonchev–Trinajstić information content (AvgIpc) is 3.11. The molecule has 0 aliphatic heterocycles. The molecule has 0 aliphatic carbocycles. The third-order valence-electron chi connectivity index (χ3n) is 4.41. The maximum atomic E-state index is 12.2. The molecule has 2 aromatic heterocycles. The lowest BCUT2D eigenvalue weighted by Crippen LogP contribution is -2.30. The highest BCUT2D eigenvalue weighted by molar-refractivity contribution is 5.81. The molecular weight excluding hydrogens is 342 g/mol. The fraction of sp³-hybridized carbons (Fsp3) is 0.200. The number of amides is 1. The molecule has 7 nitrogen and oxygen atoms in total. The standard InChI is InChI=1S/C20H19N5O2/c26-18-12-22-25(17-9-4-1-6-14(17)18)13-20(27)21-11-5-10-19-23-15-7-2-3-8-16(15)24-19/h1-4,6-9,12H,5,10-11,13H2,(H,21,27)(H,23,24). The predicted octanol–water partition coefficient (Wildman–Crippen LogP) is 2.02. The Kier molecular flexibility index (Phi) is 4.65. The minimum absolute atomic E-state index is 0.0748. The molecule has 0 aliphatic rings. The number of carbonyl (C=O) groups excluding carboxylic acids is 1. The van der Waals surface area contributed by atoms with E-state index in [1.54, 1.807) is 22.9 Å². The van der Waals surface area contributed by atoms with Crippen LogP contribution in [0.15, 0.2) is 59.5 Å². The van der Waals surface area contributed by atoms with Crippen LogP contribution in [-0.4, -0.2) is 32.2 Å². The third-order valence-corrected chi connectivity index (χ3v) is 4.41. The van der Waals surface area contributed by atoms with Gasteiger partial charge in [0.1, 0.15) is 12.4 Å². The summed E-state index contributed by atoms with van der Waals surface area (Å²) >= 11 is 0. The quantitative estimate of drug-likeness (QED) is 0.514. The Morgan fingerprint density at radius 2 is 1.93 bits per heavy atom. The van der Waals surface area contributed by atoms with Crippen molar-refractivity contribution in [2.24, 2.45) is 0 Å². The van der Waals surface area contributed by atoms with Gasteiger partial charge in [-0.05, 0) is 30.7 Å². The normalized spacial score (nSPS) is 11.1. The molecule has 4 aromatic rings. The molecule has 2 aromatic carbocycles. The summed E-state index contributed by atoms with van der Waals surface area (Å²) in [5, 5.41) is 7.53. The summed E-state index contributed by atoms with van der Waals surface area (Å²) in [6.45, 7) is 0.624. The topological polar surface area (TPSA) is 92.7 Å². The number of rotatable bonds is 6. The Hall–Kier alpha value is -3.48. The van der Waals surface area contributed by atoms with Crippen molar-refractivity contribution in [1.29, 1.82) is 0 Å². The van der Waals surface area contributed by atoms with E-state index in [2.05, 4.69) is 20.4 Å². The van der Waals surface area contributed by atoms with Crippen LogP contribution < -0.4 is 10.7 Å².